The van der Waals surface area contributed by atoms with Crippen molar-refractivity contribution in [1.29, 1.82) is 0 Å². The van der Waals surface area contributed by atoms with Gasteiger partial charge >= 0.3 is 0 Å². The zero-order valence-corrected chi connectivity index (χ0v) is 11.6. The van der Waals surface area contributed by atoms with Gasteiger partial charge in [-0.25, -0.2) is 8.42 Å². The summed E-state index contributed by atoms with van der Waals surface area (Å²) in [5, 5.41) is 0. The van der Waals surface area contributed by atoms with Crippen molar-refractivity contribution in [1.82, 2.24) is 4.90 Å². The van der Waals surface area contributed by atoms with E-state index in [-0.39, 0.29) is 0 Å². The van der Waals surface area contributed by atoms with Crippen molar-refractivity contribution in [2.75, 3.05) is 19.3 Å². The van der Waals surface area contributed by atoms with Crippen molar-refractivity contribution >= 4 is 9.84 Å². The van der Waals surface area contributed by atoms with Gasteiger partial charge in [0.1, 0.15) is 0 Å². The molecular formula is C13H21NO2S. The molecule has 0 aliphatic rings. The van der Waals surface area contributed by atoms with E-state index >= 15 is 0 Å². The summed E-state index contributed by atoms with van der Waals surface area (Å²) in [6, 6.07) is 7.16. The smallest absolute Gasteiger partial charge is 0.175 e. The van der Waals surface area contributed by atoms with Crippen LogP contribution in [0.3, 0.4) is 0 Å². The second-order valence-electron chi connectivity index (χ2n) is 4.28. The molecule has 0 amide bonds. The maximum atomic E-state index is 11.3. The molecule has 0 saturated heterocycles. The lowest BCUT2D eigenvalue weighted by atomic mass is 10.2. The van der Waals surface area contributed by atoms with Crippen LogP contribution in [0, 0.1) is 0 Å². The average molecular weight is 255 g/mol. The summed E-state index contributed by atoms with van der Waals surface area (Å²) in [6.45, 7) is 7.27. The lowest BCUT2D eigenvalue weighted by Gasteiger charge is -2.19. The first kappa shape index (κ1) is 14.2. The number of benzene rings is 1. The Bertz CT molecular complexity index is 437. The molecule has 1 rings (SSSR count). The fourth-order valence-corrected chi connectivity index (χ4v) is 2.40. The highest BCUT2D eigenvalue weighted by Crippen LogP contribution is 2.12. The number of nitrogens with zero attached hydrogens (tertiary/aromatic N) is 1. The molecule has 17 heavy (non-hydrogen) atoms. The predicted octanol–water partition coefficient (Wildman–Crippen LogP) is 2.32. The van der Waals surface area contributed by atoms with Crippen LogP contribution in [0.2, 0.25) is 0 Å². The minimum atomic E-state index is -3.08. The molecular weight excluding hydrogens is 234 g/mol. The summed E-state index contributed by atoms with van der Waals surface area (Å²) in [4.78, 5) is 2.73. The first-order chi connectivity index (χ1) is 7.97. The zero-order chi connectivity index (χ0) is 12.9. The minimum absolute atomic E-state index is 0.389. The third-order valence-corrected chi connectivity index (χ3v) is 3.87. The Kier molecular flexibility index (Phi) is 5.15. The van der Waals surface area contributed by atoms with Crippen molar-refractivity contribution in [3.05, 3.63) is 29.8 Å². The number of rotatable bonds is 6. The average Bonchev–Trinajstić information content (AvgIpc) is 2.28. The van der Waals surface area contributed by atoms with Crippen LogP contribution in [0.4, 0.5) is 0 Å². The molecule has 0 saturated carbocycles. The highest BCUT2D eigenvalue weighted by atomic mass is 32.2. The van der Waals surface area contributed by atoms with Gasteiger partial charge in [-0.2, -0.15) is 0 Å². The van der Waals surface area contributed by atoms with Gasteiger partial charge in [-0.15, -0.1) is 0 Å². The monoisotopic (exact) mass is 255 g/mol. The maximum absolute atomic E-state index is 11.3. The second-order valence-corrected chi connectivity index (χ2v) is 6.30. The maximum Gasteiger partial charge on any atom is 0.175 e. The fraction of sp³-hybridized carbons (Fsp3) is 0.538. The third kappa shape index (κ3) is 4.48. The van der Waals surface area contributed by atoms with E-state index in [0.717, 1.165) is 31.6 Å². The second kappa shape index (κ2) is 6.17. The van der Waals surface area contributed by atoms with E-state index in [4.69, 9.17) is 0 Å². The van der Waals surface area contributed by atoms with Crippen LogP contribution >= 0.6 is 0 Å². The van der Waals surface area contributed by atoms with E-state index in [2.05, 4.69) is 18.7 Å². The molecule has 0 atom stereocenters. The third-order valence-electron chi connectivity index (χ3n) is 2.74. The Hall–Kier alpha value is -0.870. The number of hydrogen-bond acceptors (Lipinski definition) is 3. The minimum Gasteiger partial charge on any atom is -0.299 e. The predicted molar refractivity (Wildman–Crippen MR) is 70.8 cm³/mol. The Balaban J connectivity index is 2.74. The molecule has 0 bridgehead atoms. The molecule has 96 valence electrons. The van der Waals surface area contributed by atoms with E-state index in [0.29, 0.717) is 4.90 Å². The van der Waals surface area contributed by atoms with Crippen molar-refractivity contribution in [3.8, 4) is 0 Å². The first-order valence-electron chi connectivity index (χ1n) is 5.98. The summed E-state index contributed by atoms with van der Waals surface area (Å²) in [7, 11) is -3.08. The molecule has 0 aliphatic heterocycles. The van der Waals surface area contributed by atoms with E-state index in [1.807, 2.05) is 12.1 Å². The van der Waals surface area contributed by atoms with Gasteiger partial charge in [0.15, 0.2) is 9.84 Å². The molecule has 0 spiro atoms. The summed E-state index contributed by atoms with van der Waals surface area (Å²) in [5.41, 5.74) is 1.16. The summed E-state index contributed by atoms with van der Waals surface area (Å²) >= 11 is 0. The quantitative estimate of drug-likeness (QED) is 0.783. The van der Waals surface area contributed by atoms with Crippen LogP contribution in [0.25, 0.3) is 0 Å². The lowest BCUT2D eigenvalue weighted by Crippen LogP contribution is -2.23. The van der Waals surface area contributed by atoms with Gasteiger partial charge in [0.05, 0.1) is 4.90 Å². The van der Waals surface area contributed by atoms with Gasteiger partial charge < -0.3 is 0 Å². The van der Waals surface area contributed by atoms with Gasteiger partial charge in [-0.1, -0.05) is 26.0 Å². The van der Waals surface area contributed by atoms with Gasteiger partial charge in [-0.3, -0.25) is 4.90 Å². The SMILES string of the molecule is CCCN(CC)Cc1ccc(S(C)(=O)=O)cc1. The van der Waals surface area contributed by atoms with Crippen LogP contribution in [0.5, 0.6) is 0 Å². The molecule has 0 aliphatic carbocycles. The molecule has 4 heteroatoms. The number of sulfone groups is 1. The van der Waals surface area contributed by atoms with Crippen LogP contribution in [-0.2, 0) is 16.4 Å². The fourth-order valence-electron chi connectivity index (χ4n) is 1.77. The highest BCUT2D eigenvalue weighted by Gasteiger charge is 2.07. The van der Waals surface area contributed by atoms with Crippen molar-refractivity contribution in [2.45, 2.75) is 31.7 Å². The number of hydrogen-bond donors (Lipinski definition) is 0. The lowest BCUT2D eigenvalue weighted by molar-refractivity contribution is 0.280. The summed E-state index contributed by atoms with van der Waals surface area (Å²) in [6.07, 6.45) is 2.37. The normalized spacial score (nSPS) is 12.0. The Labute approximate surface area is 104 Å². The van der Waals surface area contributed by atoms with E-state index in [1.165, 1.54) is 6.26 Å². The molecule has 0 N–H and O–H groups in total. The summed E-state index contributed by atoms with van der Waals surface area (Å²) in [5.74, 6) is 0. The topological polar surface area (TPSA) is 37.4 Å². The van der Waals surface area contributed by atoms with Crippen LogP contribution in [-0.4, -0.2) is 32.7 Å². The van der Waals surface area contributed by atoms with Gasteiger partial charge in [-0.05, 0) is 37.2 Å². The zero-order valence-electron chi connectivity index (χ0n) is 10.8. The Morgan fingerprint density at radius 3 is 2.12 bits per heavy atom. The molecule has 1 aromatic carbocycles. The van der Waals surface area contributed by atoms with E-state index < -0.39 is 9.84 Å². The molecule has 0 aromatic heterocycles. The van der Waals surface area contributed by atoms with Crippen molar-refractivity contribution < 1.29 is 8.42 Å². The van der Waals surface area contributed by atoms with E-state index in [9.17, 15) is 8.42 Å². The van der Waals surface area contributed by atoms with Crippen LogP contribution in [0.1, 0.15) is 25.8 Å². The van der Waals surface area contributed by atoms with Crippen molar-refractivity contribution in [3.63, 3.8) is 0 Å². The molecule has 1 aromatic rings. The van der Waals surface area contributed by atoms with Crippen LogP contribution in [0.15, 0.2) is 29.2 Å². The highest BCUT2D eigenvalue weighted by molar-refractivity contribution is 7.90. The van der Waals surface area contributed by atoms with Crippen molar-refractivity contribution in [2.24, 2.45) is 0 Å². The Morgan fingerprint density at radius 2 is 1.71 bits per heavy atom. The van der Waals surface area contributed by atoms with Gasteiger partial charge in [0.25, 0.3) is 0 Å². The van der Waals surface area contributed by atoms with Gasteiger partial charge in [0.2, 0.25) is 0 Å². The van der Waals surface area contributed by atoms with E-state index in [1.54, 1.807) is 12.1 Å². The first-order valence-corrected chi connectivity index (χ1v) is 7.87. The molecule has 0 radical (unpaired) electrons. The molecule has 0 heterocycles. The molecule has 0 fully saturated rings. The van der Waals surface area contributed by atoms with Crippen LogP contribution < -0.4 is 0 Å². The molecule has 3 nitrogen and oxygen atoms in total. The standard InChI is InChI=1S/C13H21NO2S/c1-4-10-14(5-2)11-12-6-8-13(9-7-12)17(3,15)16/h6-9H,4-5,10-11H2,1-3H3. The summed E-state index contributed by atoms with van der Waals surface area (Å²) < 4.78 is 22.6. The molecule has 0 unspecified atom stereocenters. The Morgan fingerprint density at radius 1 is 1.12 bits per heavy atom. The van der Waals surface area contributed by atoms with Gasteiger partial charge in [0, 0.05) is 12.8 Å². The largest absolute Gasteiger partial charge is 0.299 e.